The fourth-order valence-corrected chi connectivity index (χ4v) is 7.23. The Balaban J connectivity index is 1.61. The Morgan fingerprint density at radius 1 is 1.21 bits per heavy atom. The van der Waals surface area contributed by atoms with Crippen LogP contribution in [-0.4, -0.2) is 50.2 Å². The lowest BCUT2D eigenvalue weighted by Gasteiger charge is -2.44. The lowest BCUT2D eigenvalue weighted by atomic mass is 9.86. The standard InChI is InChI=1S/C26H34FNO4Si/c1-17-25(31-2)21-11-7-8-12-22(21)32-26(17)23(33(3,4)27)14-24(30)28-15-19-10-6-5-9-18(19)13-20(28)16-29/h5-12,17,20,23,25-26,29H,13-16H2,1-4H3/t17-,20+,23?,25-,26-/m1/s1. The Labute approximate surface area is 196 Å². The molecule has 0 aromatic heterocycles. The number of para-hydroxylation sites is 1. The Morgan fingerprint density at radius 2 is 1.88 bits per heavy atom. The summed E-state index contributed by atoms with van der Waals surface area (Å²) in [7, 11) is -1.64. The molecule has 0 aliphatic carbocycles. The van der Waals surface area contributed by atoms with E-state index in [1.807, 2.05) is 55.5 Å². The molecule has 1 amide bonds. The van der Waals surface area contributed by atoms with Crippen molar-refractivity contribution in [3.05, 3.63) is 65.2 Å². The van der Waals surface area contributed by atoms with Gasteiger partial charge in [-0.05, 0) is 36.7 Å². The normalized spacial score (nSPS) is 25.6. The fourth-order valence-electron chi connectivity index (χ4n) is 5.42. The molecule has 0 saturated heterocycles. The first-order chi connectivity index (χ1) is 15.7. The van der Waals surface area contributed by atoms with E-state index in [4.69, 9.17) is 9.47 Å². The number of ether oxygens (including phenoxy) is 2. The summed E-state index contributed by atoms with van der Waals surface area (Å²) in [5.74, 6) is 0.458. The highest BCUT2D eigenvalue weighted by molar-refractivity contribution is 6.72. The third kappa shape index (κ3) is 4.72. The molecule has 0 radical (unpaired) electrons. The number of benzene rings is 2. The first kappa shape index (κ1) is 23.9. The lowest BCUT2D eigenvalue weighted by Crippen LogP contribution is -2.50. The van der Waals surface area contributed by atoms with Crippen LogP contribution in [0.3, 0.4) is 0 Å². The van der Waals surface area contributed by atoms with Crippen LogP contribution >= 0.6 is 0 Å². The minimum absolute atomic E-state index is 0.0575. The van der Waals surface area contributed by atoms with Crippen molar-refractivity contribution in [1.82, 2.24) is 4.90 Å². The van der Waals surface area contributed by atoms with E-state index in [1.54, 1.807) is 25.1 Å². The van der Waals surface area contributed by atoms with E-state index >= 15 is 4.11 Å². The van der Waals surface area contributed by atoms with Crippen LogP contribution in [0.5, 0.6) is 5.75 Å². The highest BCUT2D eigenvalue weighted by Gasteiger charge is 2.49. The molecule has 2 aliphatic rings. The average molecular weight is 472 g/mol. The van der Waals surface area contributed by atoms with Crippen molar-refractivity contribution in [3.63, 3.8) is 0 Å². The second kappa shape index (κ2) is 9.56. The van der Waals surface area contributed by atoms with E-state index in [1.165, 1.54) is 0 Å². The van der Waals surface area contributed by atoms with E-state index in [9.17, 15) is 9.90 Å². The number of aliphatic hydroxyl groups excluding tert-OH is 1. The van der Waals surface area contributed by atoms with E-state index in [2.05, 4.69) is 0 Å². The molecule has 4 rings (SSSR count). The summed E-state index contributed by atoms with van der Waals surface area (Å²) in [4.78, 5) is 15.3. The zero-order valence-electron chi connectivity index (χ0n) is 19.8. The van der Waals surface area contributed by atoms with Gasteiger partial charge in [-0.2, -0.15) is 0 Å². The third-order valence-electron chi connectivity index (χ3n) is 7.30. The zero-order valence-corrected chi connectivity index (χ0v) is 20.8. The third-order valence-corrected chi connectivity index (χ3v) is 9.59. The minimum atomic E-state index is -3.30. The predicted molar refractivity (Wildman–Crippen MR) is 128 cm³/mol. The summed E-state index contributed by atoms with van der Waals surface area (Å²) < 4.78 is 27.9. The number of hydrogen-bond donors (Lipinski definition) is 1. The van der Waals surface area contributed by atoms with Gasteiger partial charge < -0.3 is 23.6 Å². The predicted octanol–water partition coefficient (Wildman–Crippen LogP) is 4.65. The molecular formula is C26H34FNO4Si. The van der Waals surface area contributed by atoms with Gasteiger partial charge in [0.15, 0.2) is 0 Å². The smallest absolute Gasteiger partial charge is 0.248 e. The molecule has 0 saturated carbocycles. The average Bonchev–Trinajstić information content (AvgIpc) is 2.80. The van der Waals surface area contributed by atoms with Crippen molar-refractivity contribution in [2.24, 2.45) is 5.92 Å². The summed E-state index contributed by atoms with van der Waals surface area (Å²) in [6.07, 6.45) is -0.0251. The van der Waals surface area contributed by atoms with Crippen molar-refractivity contribution in [1.29, 1.82) is 0 Å². The number of methoxy groups -OCH3 is 1. The topological polar surface area (TPSA) is 59.0 Å². The number of carbonyl (C=O) groups excluding carboxylic acids is 1. The number of halogens is 1. The van der Waals surface area contributed by atoms with Gasteiger partial charge in [-0.15, -0.1) is 0 Å². The molecule has 7 heteroatoms. The SMILES string of the molecule is CO[C@H]1c2ccccc2O[C@@H](C(CC(=O)N2Cc3ccccc3C[C@H]2CO)[Si](C)(C)F)[C@@H]1C. The second-order valence-corrected chi connectivity index (χ2v) is 13.7. The molecule has 33 heavy (non-hydrogen) atoms. The molecule has 2 heterocycles. The molecule has 1 unspecified atom stereocenters. The van der Waals surface area contributed by atoms with Crippen LogP contribution in [0.2, 0.25) is 18.6 Å². The van der Waals surface area contributed by atoms with Gasteiger partial charge in [-0.25, -0.2) is 0 Å². The van der Waals surface area contributed by atoms with Gasteiger partial charge in [0.1, 0.15) is 11.9 Å². The maximum atomic E-state index is 15.8. The highest BCUT2D eigenvalue weighted by atomic mass is 28.4. The molecule has 178 valence electrons. The number of rotatable bonds is 6. The maximum Gasteiger partial charge on any atom is 0.248 e. The van der Waals surface area contributed by atoms with Gasteiger partial charge in [0.25, 0.3) is 0 Å². The monoisotopic (exact) mass is 471 g/mol. The van der Waals surface area contributed by atoms with E-state index < -0.39 is 20.1 Å². The number of aliphatic hydroxyl groups is 1. The summed E-state index contributed by atoms with van der Waals surface area (Å²) in [5, 5.41) is 10.00. The number of hydrogen-bond acceptors (Lipinski definition) is 4. The van der Waals surface area contributed by atoms with Gasteiger partial charge in [-0.3, -0.25) is 4.79 Å². The molecule has 1 N–H and O–H groups in total. The molecule has 0 spiro atoms. The molecule has 2 aromatic rings. The van der Waals surface area contributed by atoms with Gasteiger partial charge in [0, 0.05) is 37.1 Å². The summed E-state index contributed by atoms with van der Waals surface area (Å²) in [5.41, 5.74) is 2.66. The van der Waals surface area contributed by atoms with Gasteiger partial charge >= 0.3 is 0 Å². The molecule has 0 fully saturated rings. The highest BCUT2D eigenvalue weighted by Crippen LogP contribution is 2.47. The maximum absolute atomic E-state index is 15.8. The molecule has 2 aliphatic heterocycles. The van der Waals surface area contributed by atoms with Crippen LogP contribution in [0.1, 0.15) is 36.1 Å². The molecule has 2 aromatic carbocycles. The van der Waals surface area contributed by atoms with E-state index in [-0.39, 0.29) is 37.0 Å². The zero-order chi connectivity index (χ0) is 23.8. The Bertz CT molecular complexity index is 994. The number of nitrogens with zero attached hydrogens (tertiary/aromatic N) is 1. The minimum Gasteiger partial charge on any atom is -0.490 e. The fraction of sp³-hybridized carbons (Fsp3) is 0.500. The summed E-state index contributed by atoms with van der Waals surface area (Å²) in [6, 6.07) is 15.4. The number of amides is 1. The Hall–Kier alpha value is -2.22. The van der Waals surface area contributed by atoms with Crippen LogP contribution in [-0.2, 0) is 22.5 Å². The summed E-state index contributed by atoms with van der Waals surface area (Å²) in [6.45, 7) is 5.64. The van der Waals surface area contributed by atoms with Gasteiger partial charge in [-0.1, -0.05) is 49.4 Å². The molecule has 5 nitrogen and oxygen atoms in total. The second-order valence-electron chi connectivity index (χ2n) is 9.84. The lowest BCUT2D eigenvalue weighted by molar-refractivity contribution is -0.136. The van der Waals surface area contributed by atoms with Crippen molar-refractivity contribution >= 4 is 14.3 Å². The number of carbonyl (C=O) groups is 1. The van der Waals surface area contributed by atoms with Crippen LogP contribution in [0, 0.1) is 5.92 Å². The number of fused-ring (bicyclic) bond motifs is 2. The molecular weight excluding hydrogens is 437 g/mol. The Kier molecular flexibility index (Phi) is 6.93. The first-order valence-electron chi connectivity index (χ1n) is 11.7. The summed E-state index contributed by atoms with van der Waals surface area (Å²) >= 11 is 0. The first-order valence-corrected chi connectivity index (χ1v) is 14.6. The van der Waals surface area contributed by atoms with E-state index in [0.717, 1.165) is 16.7 Å². The van der Waals surface area contributed by atoms with Crippen molar-refractivity contribution in [2.75, 3.05) is 13.7 Å². The van der Waals surface area contributed by atoms with Crippen LogP contribution in [0.15, 0.2) is 48.5 Å². The van der Waals surface area contributed by atoms with Gasteiger partial charge in [0.05, 0.1) is 18.8 Å². The van der Waals surface area contributed by atoms with Gasteiger partial charge in [0.2, 0.25) is 14.3 Å². The molecule has 5 atom stereocenters. The Morgan fingerprint density at radius 3 is 2.55 bits per heavy atom. The largest absolute Gasteiger partial charge is 0.490 e. The van der Waals surface area contributed by atoms with Crippen molar-refractivity contribution in [2.45, 2.75) is 63.2 Å². The van der Waals surface area contributed by atoms with Crippen LogP contribution in [0.25, 0.3) is 0 Å². The van der Waals surface area contributed by atoms with E-state index in [0.29, 0.717) is 18.7 Å². The molecule has 0 bridgehead atoms. The van der Waals surface area contributed by atoms with Crippen LogP contribution in [0.4, 0.5) is 4.11 Å². The van der Waals surface area contributed by atoms with Crippen molar-refractivity contribution in [3.8, 4) is 5.75 Å². The van der Waals surface area contributed by atoms with Crippen molar-refractivity contribution < 1.29 is 23.5 Å². The van der Waals surface area contributed by atoms with Crippen LogP contribution < -0.4 is 4.74 Å². The quantitative estimate of drug-likeness (QED) is 0.492.